The molecule has 0 heterocycles. The molecule has 0 aliphatic heterocycles. The van der Waals surface area contributed by atoms with Crippen molar-refractivity contribution in [1.82, 2.24) is 0 Å². The molecule has 0 bridgehead atoms. The number of carbonyl (C=O) groups is 3. The molecule has 6 heteroatoms. The Labute approximate surface area is 183 Å². The summed E-state index contributed by atoms with van der Waals surface area (Å²) in [5.74, 6) is -1.05. The van der Waals surface area contributed by atoms with Gasteiger partial charge in [0, 0.05) is 29.1 Å². The first kappa shape index (κ1) is 22.4. The van der Waals surface area contributed by atoms with Gasteiger partial charge in [0.2, 0.25) is 5.78 Å². The SMILES string of the molecule is CCC(=O)O[C@]1(C(=O)CO)[C@@H](C)C[C@H]2[C@@H]3CCC4=CC(=O)C=C[C@]4(C)C3[C@@H](O)C[C@@]21C. The first-order valence-electron chi connectivity index (χ1n) is 11.5. The average molecular weight is 431 g/mol. The van der Waals surface area contributed by atoms with Crippen molar-refractivity contribution >= 4 is 17.5 Å². The molecule has 0 aromatic carbocycles. The van der Waals surface area contributed by atoms with Crippen LogP contribution < -0.4 is 0 Å². The van der Waals surface area contributed by atoms with Gasteiger partial charge >= 0.3 is 5.97 Å². The highest BCUT2D eigenvalue weighted by Crippen LogP contribution is 2.69. The van der Waals surface area contributed by atoms with Crippen molar-refractivity contribution in [2.45, 2.75) is 71.5 Å². The Morgan fingerprint density at radius 2 is 2.00 bits per heavy atom. The van der Waals surface area contributed by atoms with Gasteiger partial charge in [-0.3, -0.25) is 14.4 Å². The number of carbonyl (C=O) groups excluding carboxylic acids is 3. The highest BCUT2D eigenvalue weighted by Gasteiger charge is 2.72. The van der Waals surface area contributed by atoms with Crippen molar-refractivity contribution < 1.29 is 29.3 Å². The van der Waals surface area contributed by atoms with Gasteiger partial charge in [0.05, 0.1) is 6.10 Å². The molecule has 3 saturated carbocycles. The monoisotopic (exact) mass is 430 g/mol. The number of hydrogen-bond donors (Lipinski definition) is 2. The Morgan fingerprint density at radius 1 is 1.29 bits per heavy atom. The molecule has 0 aromatic rings. The van der Waals surface area contributed by atoms with Crippen LogP contribution in [0.25, 0.3) is 0 Å². The lowest BCUT2D eigenvalue weighted by molar-refractivity contribution is -0.205. The third-order valence-electron chi connectivity index (χ3n) is 9.16. The predicted octanol–water partition coefficient (Wildman–Crippen LogP) is 2.76. The maximum absolute atomic E-state index is 13.2. The Kier molecular flexibility index (Phi) is 5.33. The van der Waals surface area contributed by atoms with Crippen LogP contribution in [0.2, 0.25) is 0 Å². The number of ketones is 2. The van der Waals surface area contributed by atoms with E-state index in [4.69, 9.17) is 4.74 Å². The van der Waals surface area contributed by atoms with Crippen molar-refractivity contribution in [3.8, 4) is 0 Å². The average Bonchev–Trinajstić information content (AvgIpc) is 2.94. The number of hydrogen-bond acceptors (Lipinski definition) is 6. The molecule has 6 nitrogen and oxygen atoms in total. The van der Waals surface area contributed by atoms with Gasteiger partial charge in [0.25, 0.3) is 0 Å². The van der Waals surface area contributed by atoms with Gasteiger partial charge in [0.15, 0.2) is 11.4 Å². The molecule has 31 heavy (non-hydrogen) atoms. The summed E-state index contributed by atoms with van der Waals surface area (Å²) in [7, 11) is 0. The Balaban J connectivity index is 1.80. The van der Waals surface area contributed by atoms with E-state index in [1.807, 2.05) is 19.9 Å². The molecular formula is C25H34O6. The van der Waals surface area contributed by atoms with E-state index in [1.54, 1.807) is 19.1 Å². The Morgan fingerprint density at radius 3 is 2.65 bits per heavy atom. The number of allylic oxidation sites excluding steroid dienone is 4. The fourth-order valence-electron chi connectivity index (χ4n) is 7.88. The van der Waals surface area contributed by atoms with E-state index in [9.17, 15) is 24.6 Å². The number of rotatable bonds is 4. The molecule has 3 fully saturated rings. The second kappa shape index (κ2) is 7.38. The largest absolute Gasteiger partial charge is 0.450 e. The molecule has 170 valence electrons. The molecule has 4 aliphatic carbocycles. The Bertz CT molecular complexity index is 873. The maximum Gasteiger partial charge on any atom is 0.306 e. The minimum atomic E-state index is -1.43. The molecule has 0 amide bonds. The smallest absolute Gasteiger partial charge is 0.306 e. The molecule has 0 spiro atoms. The lowest BCUT2D eigenvalue weighted by Gasteiger charge is -2.60. The quantitative estimate of drug-likeness (QED) is 0.665. The van der Waals surface area contributed by atoms with Crippen LogP contribution in [0.4, 0.5) is 0 Å². The van der Waals surface area contributed by atoms with Crippen molar-refractivity contribution in [2.24, 2.45) is 34.5 Å². The third-order valence-corrected chi connectivity index (χ3v) is 9.16. The number of aliphatic hydroxyl groups is 2. The van der Waals surface area contributed by atoms with E-state index in [0.29, 0.717) is 12.8 Å². The second-order valence-corrected chi connectivity index (χ2v) is 10.5. The molecule has 1 unspecified atom stereocenters. The number of aliphatic hydroxyl groups excluding tert-OH is 2. The minimum Gasteiger partial charge on any atom is -0.450 e. The van der Waals surface area contributed by atoms with Crippen LogP contribution in [-0.2, 0) is 19.1 Å². The van der Waals surface area contributed by atoms with Gasteiger partial charge in [-0.1, -0.05) is 39.3 Å². The van der Waals surface area contributed by atoms with E-state index in [0.717, 1.165) is 18.4 Å². The van der Waals surface area contributed by atoms with Gasteiger partial charge in [-0.05, 0) is 49.7 Å². The normalized spacial score (nSPS) is 45.9. The molecule has 4 rings (SSSR count). The standard InChI is InChI=1S/C25H34O6/c1-5-21(30)31-25(20(29)13-26)14(2)10-18-17-7-6-15-11-16(27)8-9-23(15,3)22(17)19(28)12-24(18,25)4/h8-9,11,14,17-19,22,26,28H,5-7,10,12-13H2,1-4H3/t14-,17-,18-,19-,22?,23-,24-,25-/m0/s1. The molecule has 8 atom stereocenters. The molecule has 0 radical (unpaired) electrons. The first-order chi connectivity index (χ1) is 14.5. The van der Waals surface area contributed by atoms with E-state index in [2.05, 4.69) is 6.92 Å². The number of Topliss-reactive ketones (excluding diaryl/α,β-unsaturated/α-hetero) is 1. The topological polar surface area (TPSA) is 101 Å². The lowest BCUT2D eigenvalue weighted by Crippen LogP contribution is -2.64. The second-order valence-electron chi connectivity index (χ2n) is 10.5. The number of ether oxygens (including phenoxy) is 1. The third kappa shape index (κ3) is 2.87. The summed E-state index contributed by atoms with van der Waals surface area (Å²) in [6.45, 7) is 6.99. The van der Waals surface area contributed by atoms with Gasteiger partial charge in [-0.25, -0.2) is 0 Å². The number of esters is 1. The molecule has 0 aromatic heterocycles. The highest BCUT2D eigenvalue weighted by molar-refractivity contribution is 6.01. The summed E-state index contributed by atoms with van der Waals surface area (Å²) >= 11 is 0. The first-order valence-corrected chi connectivity index (χ1v) is 11.5. The van der Waals surface area contributed by atoms with Crippen LogP contribution in [-0.4, -0.2) is 46.1 Å². The van der Waals surface area contributed by atoms with Crippen molar-refractivity contribution in [1.29, 1.82) is 0 Å². The fourth-order valence-corrected chi connectivity index (χ4v) is 7.88. The zero-order chi connectivity index (χ0) is 22.8. The molecule has 4 aliphatic rings. The van der Waals surface area contributed by atoms with Crippen LogP contribution in [0.15, 0.2) is 23.8 Å². The van der Waals surface area contributed by atoms with Gasteiger partial charge in [-0.15, -0.1) is 0 Å². The summed E-state index contributed by atoms with van der Waals surface area (Å²) in [5, 5.41) is 21.3. The van der Waals surface area contributed by atoms with Gasteiger partial charge in [0.1, 0.15) is 6.61 Å². The van der Waals surface area contributed by atoms with Gasteiger partial charge < -0.3 is 14.9 Å². The van der Waals surface area contributed by atoms with Crippen LogP contribution in [0, 0.1) is 34.5 Å². The fraction of sp³-hybridized carbons (Fsp3) is 0.720. The highest BCUT2D eigenvalue weighted by atomic mass is 16.6. The zero-order valence-electron chi connectivity index (χ0n) is 18.9. The molecular weight excluding hydrogens is 396 g/mol. The van der Waals surface area contributed by atoms with Crippen molar-refractivity contribution in [3.63, 3.8) is 0 Å². The van der Waals surface area contributed by atoms with E-state index < -0.39 is 40.9 Å². The van der Waals surface area contributed by atoms with E-state index >= 15 is 0 Å². The summed E-state index contributed by atoms with van der Waals surface area (Å²) < 4.78 is 5.93. The zero-order valence-corrected chi connectivity index (χ0v) is 18.9. The Hall–Kier alpha value is -1.79. The van der Waals surface area contributed by atoms with Crippen molar-refractivity contribution in [3.05, 3.63) is 23.8 Å². The molecule has 0 saturated heterocycles. The van der Waals surface area contributed by atoms with Crippen LogP contribution in [0.5, 0.6) is 0 Å². The van der Waals surface area contributed by atoms with Crippen LogP contribution in [0.3, 0.4) is 0 Å². The predicted molar refractivity (Wildman–Crippen MR) is 114 cm³/mol. The summed E-state index contributed by atoms with van der Waals surface area (Å²) in [4.78, 5) is 37.6. The lowest BCUT2D eigenvalue weighted by atomic mass is 9.46. The number of fused-ring (bicyclic) bond motifs is 5. The summed E-state index contributed by atoms with van der Waals surface area (Å²) in [6, 6.07) is 0. The minimum absolute atomic E-state index is 0.00501. The summed E-state index contributed by atoms with van der Waals surface area (Å²) in [6.07, 6.45) is 7.32. The van der Waals surface area contributed by atoms with Crippen molar-refractivity contribution in [2.75, 3.05) is 6.61 Å². The summed E-state index contributed by atoms with van der Waals surface area (Å²) in [5.41, 5.74) is -1.51. The van der Waals surface area contributed by atoms with E-state index in [-0.39, 0.29) is 35.9 Å². The van der Waals surface area contributed by atoms with Crippen LogP contribution in [0.1, 0.15) is 59.8 Å². The van der Waals surface area contributed by atoms with Gasteiger partial charge in [-0.2, -0.15) is 0 Å². The maximum atomic E-state index is 13.2. The van der Waals surface area contributed by atoms with E-state index in [1.165, 1.54) is 0 Å². The van der Waals surface area contributed by atoms with Crippen LogP contribution >= 0.6 is 0 Å². The molecule has 2 N–H and O–H groups in total.